The standard InChI is InChI=1S/C27H33N3O6/c1-17(2)16-36-21-11-12-22(18(3)15-21)25(31)23-24(19-7-9-20(10-8-19)30(34)35)29(27(33)26(23)32)14-6-13-28(4)5/h7-12,15,17,24,31H,6,13-14,16H2,1-5H3/t24-/m0/s1. The lowest BCUT2D eigenvalue weighted by Gasteiger charge is -2.26. The van der Waals surface area contributed by atoms with Crippen LogP contribution in [-0.2, 0) is 9.59 Å². The molecule has 1 fully saturated rings. The topological polar surface area (TPSA) is 113 Å². The zero-order valence-electron chi connectivity index (χ0n) is 21.4. The van der Waals surface area contributed by atoms with Gasteiger partial charge < -0.3 is 19.6 Å². The molecule has 36 heavy (non-hydrogen) atoms. The van der Waals surface area contributed by atoms with E-state index in [9.17, 15) is 24.8 Å². The van der Waals surface area contributed by atoms with Crippen molar-refractivity contribution in [1.82, 2.24) is 9.80 Å². The molecule has 9 nitrogen and oxygen atoms in total. The summed E-state index contributed by atoms with van der Waals surface area (Å²) < 4.78 is 5.76. The molecule has 0 aliphatic carbocycles. The Morgan fingerprint density at radius 3 is 2.39 bits per heavy atom. The van der Waals surface area contributed by atoms with E-state index in [0.29, 0.717) is 54.5 Å². The first-order valence-electron chi connectivity index (χ1n) is 11.9. The number of ketones is 1. The number of nitrogens with zero attached hydrogens (tertiary/aromatic N) is 3. The minimum Gasteiger partial charge on any atom is -0.507 e. The highest BCUT2D eigenvalue weighted by atomic mass is 16.6. The first-order chi connectivity index (χ1) is 17.0. The molecule has 1 saturated heterocycles. The minimum absolute atomic E-state index is 0.0299. The number of ether oxygens (including phenoxy) is 1. The number of non-ortho nitro benzene ring substituents is 1. The van der Waals surface area contributed by atoms with E-state index in [0.717, 1.165) is 0 Å². The summed E-state index contributed by atoms with van der Waals surface area (Å²) in [5.74, 6) is -0.759. The van der Waals surface area contributed by atoms with Crippen molar-refractivity contribution in [3.63, 3.8) is 0 Å². The highest BCUT2D eigenvalue weighted by molar-refractivity contribution is 6.46. The summed E-state index contributed by atoms with van der Waals surface area (Å²) in [5.41, 5.74) is 1.50. The third-order valence-electron chi connectivity index (χ3n) is 6.00. The molecule has 192 valence electrons. The Morgan fingerprint density at radius 2 is 1.83 bits per heavy atom. The van der Waals surface area contributed by atoms with Gasteiger partial charge >= 0.3 is 0 Å². The summed E-state index contributed by atoms with van der Waals surface area (Å²) in [6, 6.07) is 10.0. The lowest BCUT2D eigenvalue weighted by molar-refractivity contribution is -0.384. The fourth-order valence-electron chi connectivity index (χ4n) is 4.19. The zero-order valence-corrected chi connectivity index (χ0v) is 21.4. The maximum absolute atomic E-state index is 13.2. The maximum atomic E-state index is 13.2. The first-order valence-corrected chi connectivity index (χ1v) is 11.9. The Kier molecular flexibility index (Phi) is 8.47. The first kappa shape index (κ1) is 26.9. The fraction of sp³-hybridized carbons (Fsp3) is 0.407. The van der Waals surface area contributed by atoms with Crippen LogP contribution in [0, 0.1) is 23.0 Å². The second-order valence-electron chi connectivity index (χ2n) is 9.68. The van der Waals surface area contributed by atoms with E-state index < -0.39 is 22.7 Å². The number of Topliss-reactive ketones (excluding diaryl/α,β-unsaturated/α-hetero) is 1. The number of hydrogen-bond acceptors (Lipinski definition) is 7. The number of carbonyl (C=O) groups is 2. The molecule has 0 saturated carbocycles. The molecule has 9 heteroatoms. The molecule has 0 unspecified atom stereocenters. The molecule has 3 rings (SSSR count). The van der Waals surface area contributed by atoms with Crippen molar-refractivity contribution < 1.29 is 24.4 Å². The number of aryl methyl sites for hydroxylation is 1. The van der Waals surface area contributed by atoms with Crippen LogP contribution in [-0.4, -0.2) is 65.3 Å². The third-order valence-corrected chi connectivity index (χ3v) is 6.00. The Labute approximate surface area is 211 Å². The average Bonchev–Trinajstić information content (AvgIpc) is 3.07. The monoisotopic (exact) mass is 495 g/mol. The zero-order chi connectivity index (χ0) is 26.6. The number of aliphatic hydroxyl groups is 1. The SMILES string of the molecule is Cc1cc(OCC(C)C)ccc1C(O)=C1C(=O)C(=O)N(CCCN(C)C)[C@H]1c1ccc([N+](=O)[O-])cc1. The fourth-order valence-corrected chi connectivity index (χ4v) is 4.19. The predicted molar refractivity (Wildman–Crippen MR) is 137 cm³/mol. The van der Waals surface area contributed by atoms with Crippen LogP contribution < -0.4 is 4.74 Å². The van der Waals surface area contributed by atoms with Gasteiger partial charge in [-0.2, -0.15) is 0 Å². The number of nitro benzene ring substituents is 1. The Morgan fingerprint density at radius 1 is 1.17 bits per heavy atom. The molecule has 2 aromatic carbocycles. The molecular formula is C27H33N3O6. The third kappa shape index (κ3) is 5.91. The molecule has 1 amide bonds. The number of hydrogen-bond donors (Lipinski definition) is 1. The van der Waals surface area contributed by atoms with Gasteiger partial charge in [-0.3, -0.25) is 19.7 Å². The second kappa shape index (κ2) is 11.3. The van der Waals surface area contributed by atoms with Gasteiger partial charge in [0.25, 0.3) is 17.4 Å². The number of likely N-dealkylation sites (tertiary alicyclic amines) is 1. The van der Waals surface area contributed by atoms with Gasteiger partial charge in [0, 0.05) is 24.2 Å². The molecule has 1 atom stereocenters. The van der Waals surface area contributed by atoms with Crippen LogP contribution in [0.15, 0.2) is 48.0 Å². The van der Waals surface area contributed by atoms with Crippen LogP contribution in [0.25, 0.3) is 5.76 Å². The predicted octanol–water partition coefficient (Wildman–Crippen LogP) is 4.31. The molecule has 0 bridgehead atoms. The maximum Gasteiger partial charge on any atom is 0.295 e. The molecule has 1 aliphatic rings. The Balaban J connectivity index is 2.07. The number of aliphatic hydroxyl groups excluding tert-OH is 1. The lowest BCUT2D eigenvalue weighted by atomic mass is 9.93. The van der Waals surface area contributed by atoms with Gasteiger partial charge in [0.05, 0.1) is 23.1 Å². The van der Waals surface area contributed by atoms with Crippen molar-refractivity contribution in [1.29, 1.82) is 0 Å². The van der Waals surface area contributed by atoms with Crippen molar-refractivity contribution in [3.05, 3.63) is 74.8 Å². The van der Waals surface area contributed by atoms with E-state index in [1.54, 1.807) is 25.1 Å². The van der Waals surface area contributed by atoms with E-state index in [2.05, 4.69) is 0 Å². The molecule has 0 radical (unpaired) electrons. The minimum atomic E-state index is -0.857. The van der Waals surface area contributed by atoms with E-state index in [-0.39, 0.29) is 17.0 Å². The van der Waals surface area contributed by atoms with Gasteiger partial charge in [0.1, 0.15) is 11.5 Å². The summed E-state index contributed by atoms with van der Waals surface area (Å²) in [6.07, 6.45) is 0.616. The van der Waals surface area contributed by atoms with Gasteiger partial charge in [-0.1, -0.05) is 13.8 Å². The second-order valence-corrected chi connectivity index (χ2v) is 9.68. The molecule has 0 aromatic heterocycles. The van der Waals surface area contributed by atoms with Crippen molar-refractivity contribution in [2.24, 2.45) is 5.92 Å². The summed E-state index contributed by atoms with van der Waals surface area (Å²) in [4.78, 5) is 40.3. The van der Waals surface area contributed by atoms with E-state index in [1.165, 1.54) is 29.2 Å². The van der Waals surface area contributed by atoms with E-state index in [1.807, 2.05) is 32.8 Å². The largest absolute Gasteiger partial charge is 0.507 e. The Bertz CT molecular complexity index is 1170. The van der Waals surface area contributed by atoms with Crippen LogP contribution >= 0.6 is 0 Å². The van der Waals surface area contributed by atoms with Gasteiger partial charge in [-0.25, -0.2) is 0 Å². The summed E-state index contributed by atoms with van der Waals surface area (Å²) >= 11 is 0. The quantitative estimate of drug-likeness (QED) is 0.172. The highest BCUT2D eigenvalue weighted by Gasteiger charge is 2.46. The summed E-state index contributed by atoms with van der Waals surface area (Å²) in [7, 11) is 3.83. The molecule has 1 aliphatic heterocycles. The Hall–Kier alpha value is -3.72. The van der Waals surface area contributed by atoms with Gasteiger partial charge in [-0.05, 0) is 81.4 Å². The number of benzene rings is 2. The van der Waals surface area contributed by atoms with Crippen LogP contribution in [0.3, 0.4) is 0 Å². The molecule has 0 spiro atoms. The molecule has 1 heterocycles. The average molecular weight is 496 g/mol. The molecule has 1 N–H and O–H groups in total. The van der Waals surface area contributed by atoms with Crippen molar-refractivity contribution >= 4 is 23.1 Å². The number of rotatable bonds is 10. The summed E-state index contributed by atoms with van der Waals surface area (Å²) in [5, 5.41) is 22.5. The lowest BCUT2D eigenvalue weighted by Crippen LogP contribution is -2.32. The normalized spacial score (nSPS) is 17.3. The number of amides is 1. The van der Waals surface area contributed by atoms with Gasteiger partial charge in [-0.15, -0.1) is 0 Å². The highest BCUT2D eigenvalue weighted by Crippen LogP contribution is 2.40. The van der Waals surface area contributed by atoms with Crippen LogP contribution in [0.5, 0.6) is 5.75 Å². The summed E-state index contributed by atoms with van der Waals surface area (Å²) in [6.45, 7) is 7.43. The smallest absolute Gasteiger partial charge is 0.295 e. The van der Waals surface area contributed by atoms with Gasteiger partial charge in [0.15, 0.2) is 0 Å². The van der Waals surface area contributed by atoms with Crippen LogP contribution in [0.1, 0.15) is 43.0 Å². The molecular weight excluding hydrogens is 462 g/mol. The van der Waals surface area contributed by atoms with Gasteiger partial charge in [0.2, 0.25) is 0 Å². The van der Waals surface area contributed by atoms with Crippen LogP contribution in [0.2, 0.25) is 0 Å². The number of carbonyl (C=O) groups excluding carboxylic acids is 2. The van der Waals surface area contributed by atoms with Crippen molar-refractivity contribution in [2.75, 3.05) is 33.8 Å². The van der Waals surface area contributed by atoms with Crippen molar-refractivity contribution in [3.8, 4) is 5.75 Å². The van der Waals surface area contributed by atoms with E-state index in [4.69, 9.17) is 4.74 Å². The van der Waals surface area contributed by atoms with Crippen molar-refractivity contribution in [2.45, 2.75) is 33.2 Å². The molecule has 2 aromatic rings. The van der Waals surface area contributed by atoms with E-state index >= 15 is 0 Å². The van der Waals surface area contributed by atoms with Crippen LogP contribution in [0.4, 0.5) is 5.69 Å². The number of nitro groups is 1.